The Kier molecular flexibility index (Phi) is 6.71. The third kappa shape index (κ3) is 6.32. The Hall–Kier alpha value is -1.02. The molecule has 0 spiro atoms. The lowest BCUT2D eigenvalue weighted by molar-refractivity contribution is 0.170. The molecule has 1 unspecified atom stereocenters. The summed E-state index contributed by atoms with van der Waals surface area (Å²) in [5.74, 6) is 0.927. The number of aliphatic hydroxyl groups is 1. The molecule has 0 bridgehead atoms. The number of aliphatic hydroxyl groups excluding tert-OH is 1. The first-order valence-electron chi connectivity index (χ1n) is 6.62. The van der Waals surface area contributed by atoms with E-state index in [0.717, 1.165) is 25.0 Å². The topological polar surface area (TPSA) is 29.5 Å². The third-order valence-corrected chi connectivity index (χ3v) is 2.78. The molecule has 1 rings (SSSR count). The lowest BCUT2D eigenvalue weighted by Crippen LogP contribution is -2.04. The molecular formula is C15H24O2. The van der Waals surface area contributed by atoms with Gasteiger partial charge in [0, 0.05) is 0 Å². The lowest BCUT2D eigenvalue weighted by Gasteiger charge is -2.08. The second kappa shape index (κ2) is 8.13. The van der Waals surface area contributed by atoms with Gasteiger partial charge >= 0.3 is 0 Å². The molecule has 0 amide bonds. The summed E-state index contributed by atoms with van der Waals surface area (Å²) in [6.45, 7) is 4.70. The molecule has 1 aromatic carbocycles. The van der Waals surface area contributed by atoms with Crippen molar-refractivity contribution in [1.82, 2.24) is 0 Å². The standard InChI is InChI=1S/C15H24O2/c1-3-4-7-14-8-10-15(11-9-14)17-12-5-6-13(2)16/h8-11,13,16H,3-7,12H2,1-2H3. The van der Waals surface area contributed by atoms with Gasteiger partial charge in [0.15, 0.2) is 0 Å². The van der Waals surface area contributed by atoms with Gasteiger partial charge in [-0.15, -0.1) is 0 Å². The summed E-state index contributed by atoms with van der Waals surface area (Å²) in [5.41, 5.74) is 1.38. The summed E-state index contributed by atoms with van der Waals surface area (Å²) in [5, 5.41) is 9.11. The molecule has 1 atom stereocenters. The maximum atomic E-state index is 9.11. The number of unbranched alkanes of at least 4 members (excludes halogenated alkanes) is 1. The number of hydrogen-bond acceptors (Lipinski definition) is 2. The monoisotopic (exact) mass is 236 g/mol. The number of hydrogen-bond donors (Lipinski definition) is 1. The van der Waals surface area contributed by atoms with Crippen LogP contribution in [0, 0.1) is 0 Å². The van der Waals surface area contributed by atoms with Crippen molar-refractivity contribution in [3.05, 3.63) is 29.8 Å². The van der Waals surface area contributed by atoms with Gasteiger partial charge in [0.25, 0.3) is 0 Å². The van der Waals surface area contributed by atoms with E-state index in [1.54, 1.807) is 0 Å². The largest absolute Gasteiger partial charge is 0.494 e. The highest BCUT2D eigenvalue weighted by Crippen LogP contribution is 2.14. The second-order valence-corrected chi connectivity index (χ2v) is 4.59. The van der Waals surface area contributed by atoms with Gasteiger partial charge in [-0.05, 0) is 50.3 Å². The van der Waals surface area contributed by atoms with E-state index in [9.17, 15) is 0 Å². The van der Waals surface area contributed by atoms with E-state index in [0.29, 0.717) is 6.61 Å². The summed E-state index contributed by atoms with van der Waals surface area (Å²) in [6.07, 6.45) is 5.10. The SMILES string of the molecule is CCCCc1ccc(OCCCC(C)O)cc1. The Labute approximate surface area is 105 Å². The van der Waals surface area contributed by atoms with Crippen LogP contribution in [0.25, 0.3) is 0 Å². The average molecular weight is 236 g/mol. The Morgan fingerprint density at radius 1 is 1.18 bits per heavy atom. The lowest BCUT2D eigenvalue weighted by atomic mass is 10.1. The van der Waals surface area contributed by atoms with Gasteiger partial charge in [-0.1, -0.05) is 25.5 Å². The molecule has 1 aromatic rings. The summed E-state index contributed by atoms with van der Waals surface area (Å²) in [7, 11) is 0. The molecular weight excluding hydrogens is 212 g/mol. The zero-order chi connectivity index (χ0) is 12.5. The summed E-state index contributed by atoms with van der Waals surface area (Å²) in [6, 6.07) is 8.35. The first kappa shape index (κ1) is 14.0. The Bertz CT molecular complexity index is 290. The minimum absolute atomic E-state index is 0.227. The number of benzene rings is 1. The number of ether oxygens (including phenoxy) is 1. The van der Waals surface area contributed by atoms with Crippen LogP contribution in [0.15, 0.2) is 24.3 Å². The van der Waals surface area contributed by atoms with Gasteiger partial charge in [-0.3, -0.25) is 0 Å². The van der Waals surface area contributed by atoms with Crippen molar-refractivity contribution in [2.45, 2.75) is 52.1 Å². The molecule has 0 saturated carbocycles. The van der Waals surface area contributed by atoms with Crippen LogP contribution in [0.2, 0.25) is 0 Å². The van der Waals surface area contributed by atoms with E-state index in [2.05, 4.69) is 19.1 Å². The van der Waals surface area contributed by atoms with Crippen LogP contribution in [0.1, 0.15) is 45.1 Å². The third-order valence-electron chi connectivity index (χ3n) is 2.78. The molecule has 2 nitrogen and oxygen atoms in total. The highest BCUT2D eigenvalue weighted by atomic mass is 16.5. The maximum Gasteiger partial charge on any atom is 0.119 e. The molecule has 96 valence electrons. The molecule has 17 heavy (non-hydrogen) atoms. The van der Waals surface area contributed by atoms with Crippen LogP contribution < -0.4 is 4.74 Å². The van der Waals surface area contributed by atoms with Gasteiger partial charge in [-0.25, -0.2) is 0 Å². The zero-order valence-corrected chi connectivity index (χ0v) is 11.0. The molecule has 0 aliphatic rings. The van der Waals surface area contributed by atoms with Gasteiger partial charge < -0.3 is 9.84 Å². The van der Waals surface area contributed by atoms with Crippen molar-refractivity contribution in [1.29, 1.82) is 0 Å². The Morgan fingerprint density at radius 2 is 1.88 bits per heavy atom. The van der Waals surface area contributed by atoms with Gasteiger partial charge in [0.2, 0.25) is 0 Å². The maximum absolute atomic E-state index is 9.11. The smallest absolute Gasteiger partial charge is 0.119 e. The molecule has 1 N–H and O–H groups in total. The molecule has 0 heterocycles. The predicted molar refractivity (Wildman–Crippen MR) is 71.5 cm³/mol. The summed E-state index contributed by atoms with van der Waals surface area (Å²) >= 11 is 0. The molecule has 2 heteroatoms. The van der Waals surface area contributed by atoms with Gasteiger partial charge in [0.1, 0.15) is 5.75 Å². The molecule has 0 fully saturated rings. The predicted octanol–water partition coefficient (Wildman–Crippen LogP) is 3.57. The second-order valence-electron chi connectivity index (χ2n) is 4.59. The van der Waals surface area contributed by atoms with Crippen molar-refractivity contribution in [3.8, 4) is 5.75 Å². The molecule has 0 aromatic heterocycles. The van der Waals surface area contributed by atoms with Crippen molar-refractivity contribution in [2.75, 3.05) is 6.61 Å². The Balaban J connectivity index is 2.25. The zero-order valence-electron chi connectivity index (χ0n) is 11.0. The van der Waals surface area contributed by atoms with Crippen LogP contribution in [-0.2, 0) is 6.42 Å². The minimum atomic E-state index is -0.227. The van der Waals surface area contributed by atoms with Gasteiger partial charge in [-0.2, -0.15) is 0 Å². The van der Waals surface area contributed by atoms with Crippen molar-refractivity contribution in [3.63, 3.8) is 0 Å². The van der Waals surface area contributed by atoms with E-state index in [1.165, 1.54) is 18.4 Å². The van der Waals surface area contributed by atoms with E-state index < -0.39 is 0 Å². The fourth-order valence-corrected chi connectivity index (χ4v) is 1.70. The van der Waals surface area contributed by atoms with Crippen molar-refractivity contribution >= 4 is 0 Å². The molecule has 0 aliphatic heterocycles. The van der Waals surface area contributed by atoms with E-state index >= 15 is 0 Å². The number of aryl methyl sites for hydroxylation is 1. The fourth-order valence-electron chi connectivity index (χ4n) is 1.70. The summed E-state index contributed by atoms with van der Waals surface area (Å²) < 4.78 is 5.60. The minimum Gasteiger partial charge on any atom is -0.494 e. The quantitative estimate of drug-likeness (QED) is 0.699. The van der Waals surface area contributed by atoms with Crippen LogP contribution >= 0.6 is 0 Å². The number of rotatable bonds is 8. The summed E-state index contributed by atoms with van der Waals surface area (Å²) in [4.78, 5) is 0. The van der Waals surface area contributed by atoms with Crippen molar-refractivity contribution in [2.24, 2.45) is 0 Å². The van der Waals surface area contributed by atoms with Crippen molar-refractivity contribution < 1.29 is 9.84 Å². The van der Waals surface area contributed by atoms with Crippen LogP contribution in [0.5, 0.6) is 5.75 Å². The molecule has 0 saturated heterocycles. The highest BCUT2D eigenvalue weighted by Gasteiger charge is 1.98. The first-order valence-corrected chi connectivity index (χ1v) is 6.62. The van der Waals surface area contributed by atoms with Crippen LogP contribution in [-0.4, -0.2) is 17.8 Å². The Morgan fingerprint density at radius 3 is 2.47 bits per heavy atom. The first-order chi connectivity index (χ1) is 8.22. The fraction of sp³-hybridized carbons (Fsp3) is 0.600. The van der Waals surface area contributed by atoms with Gasteiger partial charge in [0.05, 0.1) is 12.7 Å². The average Bonchev–Trinajstić information content (AvgIpc) is 2.33. The highest BCUT2D eigenvalue weighted by molar-refractivity contribution is 5.27. The van der Waals surface area contributed by atoms with E-state index in [1.807, 2.05) is 19.1 Å². The van der Waals surface area contributed by atoms with Crippen LogP contribution in [0.4, 0.5) is 0 Å². The molecule has 0 aliphatic carbocycles. The van der Waals surface area contributed by atoms with Crippen LogP contribution in [0.3, 0.4) is 0 Å². The molecule has 0 radical (unpaired) electrons. The van der Waals surface area contributed by atoms with E-state index in [-0.39, 0.29) is 6.10 Å². The van der Waals surface area contributed by atoms with E-state index in [4.69, 9.17) is 9.84 Å². The normalized spacial score (nSPS) is 12.4.